The molecule has 1 aliphatic heterocycles. The maximum atomic E-state index is 12.5. The standard InChI is InChI=1S/C20H24N2O4S/c1-15-5-9-18(10-6-15)26-16(2)20(23)21-17-7-11-19(12-8-17)27(24,25)22-13-3-4-14-22/h5-12,16H,3-4,13-14H2,1-2H3,(H,21,23)/t16-/m0/s1. The molecule has 0 spiro atoms. The zero-order valence-corrected chi connectivity index (χ0v) is 16.3. The van der Waals surface area contributed by atoms with Crippen LogP contribution >= 0.6 is 0 Å². The minimum Gasteiger partial charge on any atom is -0.481 e. The van der Waals surface area contributed by atoms with Gasteiger partial charge in [-0.3, -0.25) is 4.79 Å². The van der Waals surface area contributed by atoms with Gasteiger partial charge in [0.15, 0.2) is 6.10 Å². The molecular formula is C20H24N2O4S. The zero-order chi connectivity index (χ0) is 19.4. The second-order valence-electron chi connectivity index (χ2n) is 6.70. The Kier molecular flexibility index (Phi) is 5.82. The molecule has 0 aliphatic carbocycles. The van der Waals surface area contributed by atoms with Gasteiger partial charge in [0.25, 0.3) is 5.91 Å². The van der Waals surface area contributed by atoms with Crippen molar-refractivity contribution in [3.63, 3.8) is 0 Å². The summed E-state index contributed by atoms with van der Waals surface area (Å²) in [6.07, 6.45) is 1.11. The fourth-order valence-corrected chi connectivity index (χ4v) is 4.42. The van der Waals surface area contributed by atoms with E-state index in [0.717, 1.165) is 18.4 Å². The van der Waals surface area contributed by atoms with Gasteiger partial charge >= 0.3 is 0 Å². The van der Waals surface area contributed by atoms with Crippen LogP contribution in [0.1, 0.15) is 25.3 Å². The Morgan fingerprint density at radius 1 is 1.04 bits per heavy atom. The first-order valence-electron chi connectivity index (χ1n) is 9.01. The average molecular weight is 388 g/mol. The molecule has 1 aliphatic rings. The Hall–Kier alpha value is -2.38. The Bertz CT molecular complexity index is 887. The molecule has 1 amide bonds. The van der Waals surface area contributed by atoms with Crippen LogP contribution in [0.5, 0.6) is 5.75 Å². The zero-order valence-electron chi connectivity index (χ0n) is 15.5. The van der Waals surface area contributed by atoms with Gasteiger partial charge in [-0.05, 0) is 63.1 Å². The maximum absolute atomic E-state index is 12.5. The number of sulfonamides is 1. The molecule has 1 saturated heterocycles. The number of nitrogens with zero attached hydrogens (tertiary/aromatic N) is 1. The van der Waals surface area contributed by atoms with E-state index >= 15 is 0 Å². The molecule has 0 radical (unpaired) electrons. The second kappa shape index (κ2) is 8.10. The van der Waals surface area contributed by atoms with Crippen molar-refractivity contribution in [1.82, 2.24) is 4.31 Å². The molecule has 0 saturated carbocycles. The number of hydrogen-bond donors (Lipinski definition) is 1. The molecule has 1 atom stereocenters. The van der Waals surface area contributed by atoms with E-state index in [1.165, 1.54) is 16.4 Å². The van der Waals surface area contributed by atoms with E-state index < -0.39 is 16.1 Å². The first kappa shape index (κ1) is 19.4. The normalized spacial score (nSPS) is 16.1. The summed E-state index contributed by atoms with van der Waals surface area (Å²) in [5, 5.41) is 2.75. The first-order valence-corrected chi connectivity index (χ1v) is 10.4. The van der Waals surface area contributed by atoms with Crippen LogP contribution in [0.15, 0.2) is 53.4 Å². The van der Waals surface area contributed by atoms with Crippen molar-refractivity contribution >= 4 is 21.6 Å². The summed E-state index contributed by atoms with van der Waals surface area (Å²) in [5.74, 6) is 0.320. The third-order valence-corrected chi connectivity index (χ3v) is 6.44. The van der Waals surface area contributed by atoms with Crippen molar-refractivity contribution in [2.75, 3.05) is 18.4 Å². The third-order valence-electron chi connectivity index (χ3n) is 4.53. The number of hydrogen-bond acceptors (Lipinski definition) is 4. The summed E-state index contributed by atoms with van der Waals surface area (Å²) in [7, 11) is -3.45. The Morgan fingerprint density at radius 2 is 1.63 bits per heavy atom. The summed E-state index contributed by atoms with van der Waals surface area (Å²) >= 11 is 0. The molecule has 6 nitrogen and oxygen atoms in total. The molecule has 2 aromatic carbocycles. The molecule has 144 valence electrons. The highest BCUT2D eigenvalue weighted by Crippen LogP contribution is 2.22. The summed E-state index contributed by atoms with van der Waals surface area (Å²) in [6, 6.07) is 13.7. The Labute approximate surface area is 160 Å². The van der Waals surface area contributed by atoms with Gasteiger partial charge < -0.3 is 10.1 Å². The first-order chi connectivity index (χ1) is 12.9. The number of carbonyl (C=O) groups is 1. The van der Waals surface area contributed by atoms with Crippen LogP contribution in [0.2, 0.25) is 0 Å². The lowest BCUT2D eigenvalue weighted by molar-refractivity contribution is -0.122. The van der Waals surface area contributed by atoms with E-state index in [0.29, 0.717) is 24.5 Å². The van der Waals surface area contributed by atoms with Gasteiger partial charge in [0, 0.05) is 18.8 Å². The summed E-state index contributed by atoms with van der Waals surface area (Å²) < 4.78 is 32.2. The minimum atomic E-state index is -3.45. The van der Waals surface area contributed by atoms with Gasteiger partial charge in [-0.25, -0.2) is 8.42 Å². The van der Waals surface area contributed by atoms with Crippen LogP contribution in [0.4, 0.5) is 5.69 Å². The van der Waals surface area contributed by atoms with Crippen LogP contribution in [0, 0.1) is 6.92 Å². The van der Waals surface area contributed by atoms with E-state index in [-0.39, 0.29) is 10.8 Å². The van der Waals surface area contributed by atoms with Crippen LogP contribution < -0.4 is 10.1 Å². The summed E-state index contributed by atoms with van der Waals surface area (Å²) in [4.78, 5) is 12.6. The second-order valence-corrected chi connectivity index (χ2v) is 8.64. The van der Waals surface area contributed by atoms with Gasteiger partial charge in [-0.2, -0.15) is 4.31 Å². The fraction of sp³-hybridized carbons (Fsp3) is 0.350. The van der Waals surface area contributed by atoms with Crippen LogP contribution in [0.25, 0.3) is 0 Å². The smallest absolute Gasteiger partial charge is 0.265 e. The number of benzene rings is 2. The van der Waals surface area contributed by atoms with Gasteiger partial charge in [-0.1, -0.05) is 17.7 Å². The highest BCUT2D eigenvalue weighted by Gasteiger charge is 2.27. The molecule has 1 heterocycles. The molecule has 7 heteroatoms. The number of carbonyl (C=O) groups excluding carboxylic acids is 1. The molecule has 0 unspecified atom stereocenters. The number of anilines is 1. The van der Waals surface area contributed by atoms with Crippen molar-refractivity contribution in [2.45, 2.75) is 37.7 Å². The van der Waals surface area contributed by atoms with Crippen molar-refractivity contribution in [3.05, 3.63) is 54.1 Å². The average Bonchev–Trinajstić information content (AvgIpc) is 3.19. The molecule has 3 rings (SSSR count). The Morgan fingerprint density at radius 3 is 2.22 bits per heavy atom. The van der Waals surface area contributed by atoms with E-state index in [4.69, 9.17) is 4.74 Å². The number of nitrogens with one attached hydrogen (secondary N) is 1. The maximum Gasteiger partial charge on any atom is 0.265 e. The lowest BCUT2D eigenvalue weighted by atomic mass is 10.2. The van der Waals surface area contributed by atoms with E-state index in [9.17, 15) is 13.2 Å². The van der Waals surface area contributed by atoms with E-state index in [1.807, 2.05) is 31.2 Å². The van der Waals surface area contributed by atoms with Crippen molar-refractivity contribution < 1.29 is 17.9 Å². The number of ether oxygens (including phenoxy) is 1. The van der Waals surface area contributed by atoms with Crippen LogP contribution in [0.3, 0.4) is 0 Å². The molecule has 1 N–H and O–H groups in total. The lowest BCUT2D eigenvalue weighted by Gasteiger charge is -2.17. The van der Waals surface area contributed by atoms with Crippen molar-refractivity contribution in [3.8, 4) is 5.75 Å². The quantitative estimate of drug-likeness (QED) is 0.825. The number of aryl methyl sites for hydroxylation is 1. The van der Waals surface area contributed by atoms with Gasteiger partial charge in [0.1, 0.15) is 5.75 Å². The molecular weight excluding hydrogens is 364 g/mol. The van der Waals surface area contributed by atoms with Crippen LogP contribution in [-0.2, 0) is 14.8 Å². The highest BCUT2D eigenvalue weighted by atomic mass is 32.2. The predicted molar refractivity (Wildman–Crippen MR) is 104 cm³/mol. The van der Waals surface area contributed by atoms with Crippen LogP contribution in [-0.4, -0.2) is 37.8 Å². The minimum absolute atomic E-state index is 0.242. The van der Waals surface area contributed by atoms with E-state index in [1.54, 1.807) is 19.1 Å². The lowest BCUT2D eigenvalue weighted by Crippen LogP contribution is -2.30. The monoisotopic (exact) mass is 388 g/mol. The van der Waals surface area contributed by atoms with Gasteiger partial charge in [0.2, 0.25) is 10.0 Å². The summed E-state index contributed by atoms with van der Waals surface area (Å²) in [6.45, 7) is 4.78. The highest BCUT2D eigenvalue weighted by molar-refractivity contribution is 7.89. The van der Waals surface area contributed by atoms with Gasteiger partial charge in [-0.15, -0.1) is 0 Å². The largest absolute Gasteiger partial charge is 0.481 e. The van der Waals surface area contributed by atoms with Crippen molar-refractivity contribution in [1.29, 1.82) is 0 Å². The fourth-order valence-electron chi connectivity index (χ4n) is 2.91. The van der Waals surface area contributed by atoms with E-state index in [2.05, 4.69) is 5.32 Å². The number of rotatable bonds is 6. The van der Waals surface area contributed by atoms with Crippen molar-refractivity contribution in [2.24, 2.45) is 0 Å². The molecule has 2 aromatic rings. The number of amides is 1. The molecule has 0 bridgehead atoms. The topological polar surface area (TPSA) is 75.7 Å². The Balaban J connectivity index is 1.61. The molecule has 0 aromatic heterocycles. The van der Waals surface area contributed by atoms with Gasteiger partial charge in [0.05, 0.1) is 4.90 Å². The summed E-state index contributed by atoms with van der Waals surface area (Å²) in [5.41, 5.74) is 1.64. The molecule has 27 heavy (non-hydrogen) atoms. The SMILES string of the molecule is Cc1ccc(O[C@@H](C)C(=O)Nc2ccc(S(=O)(=O)N3CCCC3)cc2)cc1. The molecule has 1 fully saturated rings. The third kappa shape index (κ3) is 4.67. The predicted octanol–water partition coefficient (Wildman–Crippen LogP) is 3.19.